The number of nitrogens with zero attached hydrogens (tertiary/aromatic N) is 2. The van der Waals surface area contributed by atoms with Gasteiger partial charge in [-0.05, 0) is 43.7 Å². The van der Waals surface area contributed by atoms with Gasteiger partial charge < -0.3 is 14.8 Å². The van der Waals surface area contributed by atoms with E-state index in [1.54, 1.807) is 35.0 Å². The fourth-order valence-corrected chi connectivity index (χ4v) is 4.67. The summed E-state index contributed by atoms with van der Waals surface area (Å²) >= 11 is 1.31. The number of amides is 1. The number of thiophene rings is 1. The minimum Gasteiger partial charge on any atom is -0.454 e. The predicted octanol–water partition coefficient (Wildman–Crippen LogP) is 4.78. The molecule has 7 nitrogen and oxygen atoms in total. The highest BCUT2D eigenvalue weighted by Gasteiger charge is 2.22. The number of hydrogen-bond donors (Lipinski definition) is 1. The molecule has 1 N–H and O–H groups in total. The normalized spacial score (nSPS) is 12.3. The van der Waals surface area contributed by atoms with E-state index >= 15 is 0 Å². The minimum absolute atomic E-state index is 0.0736. The van der Waals surface area contributed by atoms with E-state index in [0.29, 0.717) is 34.2 Å². The van der Waals surface area contributed by atoms with Crippen LogP contribution in [0.3, 0.4) is 0 Å². The van der Waals surface area contributed by atoms with Crippen LogP contribution < -0.4 is 14.8 Å². The largest absolute Gasteiger partial charge is 0.454 e. The van der Waals surface area contributed by atoms with Gasteiger partial charge in [-0.25, -0.2) is 4.39 Å². The lowest BCUT2D eigenvalue weighted by Crippen LogP contribution is -2.13. The number of halogens is 1. The molecular weight excluding hydrogens is 433 g/mol. The van der Waals surface area contributed by atoms with Crippen molar-refractivity contribution < 1.29 is 23.5 Å². The van der Waals surface area contributed by atoms with Crippen molar-refractivity contribution in [3.8, 4) is 11.5 Å². The fourth-order valence-electron chi connectivity index (χ4n) is 3.62. The Labute approximate surface area is 186 Å². The average molecular weight is 451 g/mol. The number of carbonyl (C=O) groups excluding carboxylic acids is 2. The highest BCUT2D eigenvalue weighted by molar-refractivity contribution is 7.20. The summed E-state index contributed by atoms with van der Waals surface area (Å²) in [6.45, 7) is 3.84. The first-order valence-corrected chi connectivity index (χ1v) is 10.7. The van der Waals surface area contributed by atoms with Gasteiger partial charge in [0, 0.05) is 17.0 Å². The van der Waals surface area contributed by atoms with Crippen LogP contribution in [0.15, 0.2) is 42.5 Å². The second kappa shape index (κ2) is 7.76. The van der Waals surface area contributed by atoms with Crippen LogP contribution in [-0.2, 0) is 6.54 Å². The van der Waals surface area contributed by atoms with Crippen molar-refractivity contribution in [2.45, 2.75) is 20.4 Å². The maximum atomic E-state index is 13.2. The lowest BCUT2D eigenvalue weighted by atomic mass is 10.1. The average Bonchev–Trinajstić information content (AvgIpc) is 3.46. The van der Waals surface area contributed by atoms with E-state index in [1.165, 1.54) is 30.4 Å². The van der Waals surface area contributed by atoms with E-state index in [1.807, 2.05) is 6.92 Å². The number of ketones is 1. The van der Waals surface area contributed by atoms with Crippen molar-refractivity contribution in [3.63, 3.8) is 0 Å². The highest BCUT2D eigenvalue weighted by Crippen LogP contribution is 2.38. The molecule has 0 atom stereocenters. The van der Waals surface area contributed by atoms with Gasteiger partial charge in [-0.2, -0.15) is 5.10 Å². The van der Waals surface area contributed by atoms with Crippen LogP contribution in [0.5, 0.6) is 11.5 Å². The van der Waals surface area contributed by atoms with Crippen LogP contribution in [0.2, 0.25) is 0 Å². The molecule has 0 aliphatic carbocycles. The number of aryl methyl sites for hydroxylation is 1. The van der Waals surface area contributed by atoms with Crippen LogP contribution in [0.4, 0.5) is 10.1 Å². The maximum Gasteiger partial charge on any atom is 0.265 e. The topological polar surface area (TPSA) is 82.5 Å². The molecule has 0 saturated heterocycles. The zero-order valence-corrected chi connectivity index (χ0v) is 18.1. The number of fused-ring (bicyclic) bond motifs is 2. The SMILES string of the molecule is CC(=O)c1cc2c(cc1NC(=O)c1cc3c(C)nn(Cc4ccc(F)cc4)c3s1)OCO2. The lowest BCUT2D eigenvalue weighted by molar-refractivity contribution is 0.101. The van der Waals surface area contributed by atoms with Gasteiger partial charge in [0.2, 0.25) is 6.79 Å². The quantitative estimate of drug-likeness (QED) is 0.442. The molecule has 0 unspecified atom stereocenters. The van der Waals surface area contributed by atoms with Crippen molar-refractivity contribution in [3.05, 3.63) is 70.0 Å². The Morgan fingerprint density at radius 1 is 1.16 bits per heavy atom. The third-order valence-electron chi connectivity index (χ3n) is 5.22. The Bertz CT molecular complexity index is 1370. The molecule has 0 saturated carbocycles. The van der Waals surface area contributed by atoms with Gasteiger partial charge >= 0.3 is 0 Å². The molecular formula is C23H18FN3O4S. The van der Waals surface area contributed by atoms with Crippen molar-refractivity contribution in [1.82, 2.24) is 9.78 Å². The first-order chi connectivity index (χ1) is 15.4. The van der Waals surface area contributed by atoms with E-state index in [2.05, 4.69) is 10.4 Å². The van der Waals surface area contributed by atoms with E-state index in [9.17, 15) is 14.0 Å². The molecule has 0 radical (unpaired) electrons. The Kier molecular flexibility index (Phi) is 4.90. The van der Waals surface area contributed by atoms with Crippen LogP contribution in [0.1, 0.15) is 38.2 Å². The molecule has 162 valence electrons. The van der Waals surface area contributed by atoms with Crippen LogP contribution >= 0.6 is 11.3 Å². The molecule has 2 aromatic heterocycles. The maximum absolute atomic E-state index is 13.2. The van der Waals surface area contributed by atoms with Crippen molar-refractivity contribution in [2.75, 3.05) is 12.1 Å². The smallest absolute Gasteiger partial charge is 0.265 e. The van der Waals surface area contributed by atoms with Gasteiger partial charge in [-0.15, -0.1) is 11.3 Å². The second-order valence-electron chi connectivity index (χ2n) is 7.46. The van der Waals surface area contributed by atoms with Gasteiger partial charge in [0.05, 0.1) is 22.8 Å². The number of rotatable bonds is 5. The predicted molar refractivity (Wildman–Crippen MR) is 118 cm³/mol. The molecule has 9 heteroatoms. The molecule has 3 heterocycles. The Morgan fingerprint density at radius 3 is 2.59 bits per heavy atom. The molecule has 5 rings (SSSR count). The number of hydrogen-bond acceptors (Lipinski definition) is 6. The van der Waals surface area contributed by atoms with Crippen molar-refractivity contribution >= 4 is 38.9 Å². The number of Topliss-reactive ketones (excluding diaryl/α,β-unsaturated/α-hetero) is 1. The summed E-state index contributed by atoms with van der Waals surface area (Å²) in [6, 6.07) is 11.2. The van der Waals surface area contributed by atoms with Gasteiger partial charge in [-0.3, -0.25) is 14.3 Å². The van der Waals surface area contributed by atoms with Gasteiger partial charge in [0.1, 0.15) is 10.6 Å². The first-order valence-electron chi connectivity index (χ1n) is 9.86. The number of carbonyl (C=O) groups is 2. The number of ether oxygens (including phenoxy) is 2. The standard InChI is InChI=1S/C23H18FN3O4S/c1-12-16-8-21(32-23(16)27(26-12)10-14-3-5-15(24)6-4-14)22(29)25-18-9-20-19(30-11-31-20)7-17(18)13(2)28/h3-9H,10-11H2,1-2H3,(H,25,29). The molecule has 1 aliphatic heterocycles. The number of nitrogens with one attached hydrogen (secondary N) is 1. The molecule has 1 aliphatic rings. The summed E-state index contributed by atoms with van der Waals surface area (Å²) in [7, 11) is 0. The minimum atomic E-state index is -0.333. The molecule has 32 heavy (non-hydrogen) atoms. The van der Waals surface area contributed by atoms with Crippen LogP contribution in [-0.4, -0.2) is 28.3 Å². The van der Waals surface area contributed by atoms with Crippen molar-refractivity contribution in [1.29, 1.82) is 0 Å². The van der Waals surface area contributed by atoms with E-state index in [-0.39, 0.29) is 24.3 Å². The molecule has 1 amide bonds. The lowest BCUT2D eigenvalue weighted by Gasteiger charge is -2.10. The molecule has 0 fully saturated rings. The highest BCUT2D eigenvalue weighted by atomic mass is 32.1. The van der Waals surface area contributed by atoms with Crippen molar-refractivity contribution in [2.24, 2.45) is 0 Å². The van der Waals surface area contributed by atoms with E-state index in [0.717, 1.165) is 21.5 Å². The summed E-state index contributed by atoms with van der Waals surface area (Å²) in [5.41, 5.74) is 2.42. The second-order valence-corrected chi connectivity index (χ2v) is 8.49. The summed E-state index contributed by atoms with van der Waals surface area (Å²) < 4.78 is 25.7. The Balaban J connectivity index is 1.45. The van der Waals surface area contributed by atoms with Gasteiger partial charge in [0.15, 0.2) is 17.3 Å². The Morgan fingerprint density at radius 2 is 1.88 bits per heavy atom. The van der Waals surface area contributed by atoms with Crippen LogP contribution in [0.25, 0.3) is 10.2 Å². The zero-order valence-electron chi connectivity index (χ0n) is 17.3. The monoisotopic (exact) mass is 451 g/mol. The van der Waals surface area contributed by atoms with Crippen LogP contribution in [0, 0.1) is 12.7 Å². The first kappa shape index (κ1) is 20.2. The summed E-state index contributed by atoms with van der Waals surface area (Å²) in [4.78, 5) is 26.4. The zero-order chi connectivity index (χ0) is 22.4. The number of benzene rings is 2. The molecule has 0 bridgehead atoms. The fraction of sp³-hybridized carbons (Fsp3) is 0.174. The molecule has 0 spiro atoms. The number of aromatic nitrogens is 2. The molecule has 2 aromatic carbocycles. The van der Waals surface area contributed by atoms with E-state index < -0.39 is 0 Å². The summed E-state index contributed by atoms with van der Waals surface area (Å²) in [5.74, 6) is 0.138. The third kappa shape index (κ3) is 3.60. The Hall–Kier alpha value is -3.72. The summed E-state index contributed by atoms with van der Waals surface area (Å²) in [6.07, 6.45) is 0. The summed E-state index contributed by atoms with van der Waals surface area (Å²) in [5, 5.41) is 8.26. The van der Waals surface area contributed by atoms with E-state index in [4.69, 9.17) is 9.47 Å². The number of anilines is 1. The van der Waals surface area contributed by atoms with Gasteiger partial charge in [0.25, 0.3) is 5.91 Å². The third-order valence-corrected chi connectivity index (χ3v) is 6.36. The molecule has 4 aromatic rings. The van der Waals surface area contributed by atoms with Gasteiger partial charge in [-0.1, -0.05) is 12.1 Å².